The summed E-state index contributed by atoms with van der Waals surface area (Å²) in [6.45, 7) is 3.70. The van der Waals surface area contributed by atoms with Crippen molar-refractivity contribution >= 4 is 34.9 Å². The van der Waals surface area contributed by atoms with E-state index >= 15 is 0 Å². The second-order valence-corrected chi connectivity index (χ2v) is 7.28. The topological polar surface area (TPSA) is 66.9 Å². The van der Waals surface area contributed by atoms with Gasteiger partial charge < -0.3 is 0 Å². The molecule has 0 saturated heterocycles. The van der Waals surface area contributed by atoms with Crippen LogP contribution in [0, 0.1) is 0 Å². The van der Waals surface area contributed by atoms with Gasteiger partial charge in [0.25, 0.3) is 0 Å². The van der Waals surface area contributed by atoms with Gasteiger partial charge in [0.15, 0.2) is 11.0 Å². The summed E-state index contributed by atoms with van der Waals surface area (Å²) in [6.07, 6.45) is 2.20. The molecule has 1 aromatic carbocycles. The van der Waals surface area contributed by atoms with E-state index in [9.17, 15) is 4.79 Å². The Kier molecular flexibility index (Phi) is 4.65. The minimum Gasteiger partial charge on any atom is -0.280 e. The number of nitrogens with zero attached hydrogens (tertiary/aromatic N) is 2. The number of nitrogens with one attached hydrogen (secondary N) is 2. The first-order valence-electron chi connectivity index (χ1n) is 7.73. The van der Waals surface area contributed by atoms with Gasteiger partial charge in [-0.15, -0.1) is 10.2 Å². The first-order valence-corrected chi connectivity index (χ1v) is 8.49. The quantitative estimate of drug-likeness (QED) is 0.784. The van der Waals surface area contributed by atoms with Gasteiger partial charge in [-0.3, -0.25) is 15.6 Å². The zero-order valence-electron chi connectivity index (χ0n) is 13.4. The first-order chi connectivity index (χ1) is 11.4. The highest BCUT2D eigenvalue weighted by molar-refractivity contribution is 6.30. The fourth-order valence-corrected chi connectivity index (χ4v) is 2.73. The highest BCUT2D eigenvalue weighted by Crippen LogP contribution is 2.43. The van der Waals surface area contributed by atoms with Crippen LogP contribution in [0.2, 0.25) is 10.2 Å². The zero-order valence-corrected chi connectivity index (χ0v) is 14.9. The molecule has 2 aromatic rings. The average molecular weight is 365 g/mol. The standard InChI is InChI=1S/C17H18Cl2N4O/c1-17(2,11-5-7-12(18)8-6-11)16(24)23-22-15-13(10-3-4-10)9-14(19)20-21-15/h5-10H,3-4H2,1-2H3,(H,21,22)(H,23,24). The number of hydrogen-bond acceptors (Lipinski definition) is 4. The van der Waals surface area contributed by atoms with Gasteiger partial charge in [0.1, 0.15) is 0 Å². The van der Waals surface area contributed by atoms with Gasteiger partial charge in [-0.1, -0.05) is 35.3 Å². The summed E-state index contributed by atoms with van der Waals surface area (Å²) < 4.78 is 0. The lowest BCUT2D eigenvalue weighted by Gasteiger charge is -2.24. The van der Waals surface area contributed by atoms with Crippen molar-refractivity contribution in [3.63, 3.8) is 0 Å². The van der Waals surface area contributed by atoms with Gasteiger partial charge >= 0.3 is 0 Å². The molecule has 1 aliphatic rings. The fourth-order valence-electron chi connectivity index (χ4n) is 2.45. The summed E-state index contributed by atoms with van der Waals surface area (Å²) in [4.78, 5) is 12.6. The Morgan fingerprint density at radius 1 is 1.17 bits per heavy atom. The molecule has 1 saturated carbocycles. The first kappa shape index (κ1) is 17.0. The molecule has 1 aliphatic carbocycles. The smallest absolute Gasteiger partial charge is 0.248 e. The number of amides is 1. The molecule has 126 valence electrons. The number of aromatic nitrogens is 2. The van der Waals surface area contributed by atoms with Crippen LogP contribution in [0.3, 0.4) is 0 Å². The van der Waals surface area contributed by atoms with Crippen LogP contribution in [0.15, 0.2) is 30.3 Å². The van der Waals surface area contributed by atoms with Gasteiger partial charge in [-0.2, -0.15) is 0 Å². The lowest BCUT2D eigenvalue weighted by molar-refractivity contribution is -0.125. The van der Waals surface area contributed by atoms with E-state index in [1.165, 1.54) is 0 Å². The van der Waals surface area contributed by atoms with Crippen LogP contribution in [0.1, 0.15) is 43.7 Å². The number of hydrazine groups is 1. The van der Waals surface area contributed by atoms with E-state index in [0.717, 1.165) is 24.0 Å². The Morgan fingerprint density at radius 3 is 2.46 bits per heavy atom. The summed E-state index contributed by atoms with van der Waals surface area (Å²) in [5, 5.41) is 8.89. The monoisotopic (exact) mass is 364 g/mol. The summed E-state index contributed by atoms with van der Waals surface area (Å²) in [7, 11) is 0. The van der Waals surface area contributed by atoms with Crippen LogP contribution in [0.5, 0.6) is 0 Å². The third-order valence-electron chi connectivity index (χ3n) is 4.24. The fraction of sp³-hybridized carbons (Fsp3) is 0.353. The number of anilines is 1. The molecule has 0 unspecified atom stereocenters. The van der Waals surface area contributed by atoms with Crippen molar-refractivity contribution in [1.82, 2.24) is 15.6 Å². The van der Waals surface area contributed by atoms with Crippen LogP contribution < -0.4 is 10.9 Å². The van der Waals surface area contributed by atoms with Crippen LogP contribution >= 0.6 is 23.2 Å². The Bertz CT molecular complexity index is 758. The predicted octanol–water partition coefficient (Wildman–Crippen LogP) is 4.08. The van der Waals surface area contributed by atoms with E-state index in [4.69, 9.17) is 23.2 Å². The van der Waals surface area contributed by atoms with Crippen LogP contribution in [-0.2, 0) is 10.2 Å². The molecule has 0 spiro atoms. The van der Waals surface area contributed by atoms with E-state index in [0.29, 0.717) is 21.9 Å². The van der Waals surface area contributed by atoms with E-state index in [2.05, 4.69) is 21.0 Å². The number of hydrogen-bond donors (Lipinski definition) is 2. The van der Waals surface area contributed by atoms with Gasteiger partial charge in [0, 0.05) is 10.6 Å². The molecule has 2 N–H and O–H groups in total. The highest BCUT2D eigenvalue weighted by Gasteiger charge is 2.31. The largest absolute Gasteiger partial charge is 0.280 e. The van der Waals surface area contributed by atoms with Crippen molar-refractivity contribution < 1.29 is 4.79 Å². The number of benzene rings is 1. The van der Waals surface area contributed by atoms with Gasteiger partial charge in [-0.05, 0) is 56.4 Å². The van der Waals surface area contributed by atoms with Gasteiger partial charge in [0.2, 0.25) is 5.91 Å². The lowest BCUT2D eigenvalue weighted by Crippen LogP contribution is -2.43. The molecule has 5 nitrogen and oxygen atoms in total. The molecule has 0 bridgehead atoms. The van der Waals surface area contributed by atoms with Crippen molar-refractivity contribution in [3.05, 3.63) is 51.6 Å². The third-order valence-corrected chi connectivity index (χ3v) is 4.68. The lowest BCUT2D eigenvalue weighted by atomic mass is 9.84. The normalized spacial score (nSPS) is 14.3. The van der Waals surface area contributed by atoms with Crippen molar-refractivity contribution in [3.8, 4) is 0 Å². The van der Waals surface area contributed by atoms with Crippen molar-refractivity contribution in [2.75, 3.05) is 5.43 Å². The molecule has 0 aliphatic heterocycles. The second kappa shape index (κ2) is 6.57. The van der Waals surface area contributed by atoms with Crippen LogP contribution in [0.4, 0.5) is 5.82 Å². The molecule has 1 amide bonds. The average Bonchev–Trinajstić information content (AvgIpc) is 3.38. The maximum Gasteiger partial charge on any atom is 0.248 e. The molecular weight excluding hydrogens is 347 g/mol. The minimum atomic E-state index is -0.725. The van der Waals surface area contributed by atoms with E-state index in [1.807, 2.05) is 26.0 Å². The van der Waals surface area contributed by atoms with E-state index < -0.39 is 5.41 Å². The zero-order chi connectivity index (χ0) is 17.3. The third kappa shape index (κ3) is 3.62. The second-order valence-electron chi connectivity index (χ2n) is 6.46. The molecule has 0 atom stereocenters. The number of carbonyl (C=O) groups excluding carboxylic acids is 1. The highest BCUT2D eigenvalue weighted by atomic mass is 35.5. The maximum absolute atomic E-state index is 12.6. The summed E-state index contributed by atoms with van der Waals surface area (Å²) in [5.74, 6) is 0.798. The number of halogens is 2. The number of carbonyl (C=O) groups is 1. The molecular formula is C17H18Cl2N4O. The predicted molar refractivity (Wildman–Crippen MR) is 95.3 cm³/mol. The summed E-state index contributed by atoms with van der Waals surface area (Å²) >= 11 is 11.8. The van der Waals surface area contributed by atoms with E-state index in [-0.39, 0.29) is 5.91 Å². The SMILES string of the molecule is CC(C)(C(=O)NNc1nnc(Cl)cc1C1CC1)c1ccc(Cl)cc1. The Labute approximate surface area is 150 Å². The van der Waals surface area contributed by atoms with Gasteiger partial charge in [-0.25, -0.2) is 0 Å². The number of rotatable bonds is 5. The Morgan fingerprint density at radius 2 is 1.83 bits per heavy atom. The summed E-state index contributed by atoms with van der Waals surface area (Å²) in [6, 6.07) is 9.04. The summed E-state index contributed by atoms with van der Waals surface area (Å²) in [5.41, 5.74) is 6.75. The Hall–Kier alpha value is -1.85. The minimum absolute atomic E-state index is 0.177. The maximum atomic E-state index is 12.6. The molecule has 1 fully saturated rings. The van der Waals surface area contributed by atoms with Crippen LogP contribution in [0.25, 0.3) is 0 Å². The molecule has 0 radical (unpaired) electrons. The van der Waals surface area contributed by atoms with Crippen molar-refractivity contribution in [2.45, 2.75) is 38.0 Å². The van der Waals surface area contributed by atoms with Crippen molar-refractivity contribution in [2.24, 2.45) is 0 Å². The molecule has 1 aromatic heterocycles. The van der Waals surface area contributed by atoms with Gasteiger partial charge in [0.05, 0.1) is 5.41 Å². The Balaban J connectivity index is 1.72. The van der Waals surface area contributed by atoms with E-state index in [1.54, 1.807) is 18.2 Å². The molecule has 3 rings (SSSR count). The van der Waals surface area contributed by atoms with Crippen LogP contribution in [-0.4, -0.2) is 16.1 Å². The molecule has 7 heteroatoms. The molecule has 1 heterocycles. The van der Waals surface area contributed by atoms with Crippen molar-refractivity contribution in [1.29, 1.82) is 0 Å². The molecule has 24 heavy (non-hydrogen) atoms.